The Morgan fingerprint density at radius 3 is 1.50 bits per heavy atom. The van der Waals surface area contributed by atoms with E-state index in [0.29, 0.717) is 17.5 Å². The fourth-order valence-electron chi connectivity index (χ4n) is 6.96. The van der Waals surface area contributed by atoms with Crippen LogP contribution in [0, 0.1) is 6.92 Å². The van der Waals surface area contributed by atoms with Gasteiger partial charge in [0.05, 0.1) is 5.52 Å². The molecule has 0 spiro atoms. The highest BCUT2D eigenvalue weighted by atomic mass is 15.0. The van der Waals surface area contributed by atoms with Gasteiger partial charge in [0, 0.05) is 39.0 Å². The maximum atomic E-state index is 5.00. The van der Waals surface area contributed by atoms with Gasteiger partial charge in [0.25, 0.3) is 0 Å². The third-order valence-electron chi connectivity index (χ3n) is 9.00. The first kappa shape index (κ1) is 26.3. The monoisotopic (exact) mass is 588 g/mol. The van der Waals surface area contributed by atoms with Gasteiger partial charge in [0.15, 0.2) is 17.5 Å². The summed E-state index contributed by atoms with van der Waals surface area (Å²) >= 11 is 0. The molecule has 4 nitrogen and oxygen atoms in total. The van der Waals surface area contributed by atoms with E-state index in [1.807, 2.05) is 60.7 Å². The van der Waals surface area contributed by atoms with E-state index in [1.54, 1.807) is 0 Å². The van der Waals surface area contributed by atoms with Crippen molar-refractivity contribution in [2.24, 2.45) is 0 Å². The standard InChI is InChI=1S/C42H28N4/c1-27-38-35-23-11-10-21-33(35)32-20-8-9-22-34(32)36-24-13-25-37(39(36)38)46(27)31-19-12-18-30(26-31)42-44-40(28-14-4-2-5-15-28)43-41(45-42)29-16-6-3-7-17-29/h2-26H,1H3. The molecule has 0 aliphatic heterocycles. The zero-order valence-corrected chi connectivity index (χ0v) is 25.2. The summed E-state index contributed by atoms with van der Waals surface area (Å²) in [6.07, 6.45) is 0. The Labute approximate surface area is 267 Å². The van der Waals surface area contributed by atoms with Gasteiger partial charge in [0.2, 0.25) is 0 Å². The molecular formula is C42H28N4. The van der Waals surface area contributed by atoms with Crippen molar-refractivity contribution < 1.29 is 0 Å². The fourth-order valence-corrected chi connectivity index (χ4v) is 6.96. The second-order valence-electron chi connectivity index (χ2n) is 11.7. The lowest BCUT2D eigenvalue weighted by Crippen LogP contribution is -2.01. The molecule has 0 atom stereocenters. The van der Waals surface area contributed by atoms with Gasteiger partial charge in [-0.25, -0.2) is 15.0 Å². The fraction of sp³-hybridized carbons (Fsp3) is 0.0238. The van der Waals surface area contributed by atoms with Crippen molar-refractivity contribution in [2.45, 2.75) is 6.92 Å². The van der Waals surface area contributed by atoms with Crippen LogP contribution in [0.2, 0.25) is 0 Å². The maximum absolute atomic E-state index is 5.00. The molecule has 216 valence electrons. The lowest BCUT2D eigenvalue weighted by molar-refractivity contribution is 1.05. The minimum absolute atomic E-state index is 0.643. The van der Waals surface area contributed by atoms with Crippen molar-refractivity contribution in [3.05, 3.63) is 157 Å². The van der Waals surface area contributed by atoms with E-state index in [9.17, 15) is 0 Å². The normalized spacial score (nSPS) is 11.6. The summed E-state index contributed by atoms with van der Waals surface area (Å²) < 4.78 is 2.39. The van der Waals surface area contributed by atoms with Gasteiger partial charge >= 0.3 is 0 Å². The zero-order valence-electron chi connectivity index (χ0n) is 25.2. The third-order valence-corrected chi connectivity index (χ3v) is 9.00. The highest BCUT2D eigenvalue weighted by molar-refractivity contribution is 6.14. The first-order chi connectivity index (χ1) is 22.7. The summed E-state index contributed by atoms with van der Waals surface area (Å²) in [6.45, 7) is 2.24. The van der Waals surface area contributed by atoms with E-state index in [-0.39, 0.29) is 0 Å². The van der Waals surface area contributed by atoms with E-state index in [1.165, 1.54) is 50.0 Å². The highest BCUT2D eigenvalue weighted by Crippen LogP contribution is 2.50. The molecule has 0 bridgehead atoms. The number of hydrogen-bond donors (Lipinski definition) is 0. The van der Waals surface area contributed by atoms with Crippen LogP contribution >= 0.6 is 0 Å². The Balaban J connectivity index is 1.27. The topological polar surface area (TPSA) is 43.6 Å². The van der Waals surface area contributed by atoms with Crippen LogP contribution in [0.1, 0.15) is 5.69 Å². The quantitative estimate of drug-likeness (QED) is 0.205. The number of nitrogens with zero attached hydrogens (tertiary/aromatic N) is 4. The predicted molar refractivity (Wildman–Crippen MR) is 188 cm³/mol. The van der Waals surface area contributed by atoms with Gasteiger partial charge in [-0.05, 0) is 52.9 Å². The van der Waals surface area contributed by atoms with Crippen molar-refractivity contribution in [3.63, 3.8) is 0 Å². The number of hydrogen-bond acceptors (Lipinski definition) is 3. The molecule has 0 saturated carbocycles. The number of rotatable bonds is 4. The largest absolute Gasteiger partial charge is 0.313 e. The van der Waals surface area contributed by atoms with E-state index >= 15 is 0 Å². The van der Waals surface area contributed by atoms with Gasteiger partial charge in [0.1, 0.15) is 0 Å². The van der Waals surface area contributed by atoms with E-state index in [4.69, 9.17) is 15.0 Å². The molecule has 1 aliphatic rings. The molecule has 6 aromatic carbocycles. The van der Waals surface area contributed by atoms with Crippen LogP contribution in [0.4, 0.5) is 0 Å². The molecule has 0 amide bonds. The minimum Gasteiger partial charge on any atom is -0.313 e. The SMILES string of the molecule is Cc1c2c3c(cccc3n1-c1cccc(-c3nc(-c4ccccc4)nc(-c4ccccc4)n3)c1)-c1ccccc1-c1ccccc1-2. The second kappa shape index (κ2) is 10.5. The number of aromatic nitrogens is 4. The lowest BCUT2D eigenvalue weighted by Gasteiger charge is -2.14. The van der Waals surface area contributed by atoms with Crippen molar-refractivity contribution in [3.8, 4) is 73.2 Å². The van der Waals surface area contributed by atoms with E-state index in [2.05, 4.69) is 102 Å². The molecule has 0 N–H and O–H groups in total. The Bertz CT molecular complexity index is 2370. The average molecular weight is 589 g/mol. The average Bonchev–Trinajstić information content (AvgIpc) is 3.36. The summed E-state index contributed by atoms with van der Waals surface area (Å²) in [5.41, 5.74) is 13.9. The van der Waals surface area contributed by atoms with Crippen LogP contribution in [0.5, 0.6) is 0 Å². The highest BCUT2D eigenvalue weighted by Gasteiger charge is 2.26. The molecule has 1 aliphatic carbocycles. The second-order valence-corrected chi connectivity index (χ2v) is 11.7. The Kier molecular flexibility index (Phi) is 6.00. The first-order valence-electron chi connectivity index (χ1n) is 15.6. The number of fused-ring (bicyclic) bond motifs is 5. The van der Waals surface area contributed by atoms with Crippen LogP contribution in [0.3, 0.4) is 0 Å². The molecular weight excluding hydrogens is 560 g/mol. The molecule has 46 heavy (non-hydrogen) atoms. The summed E-state index contributed by atoms with van der Waals surface area (Å²) in [5, 5.41) is 1.28. The molecule has 0 fully saturated rings. The molecule has 9 rings (SSSR count). The molecule has 0 saturated heterocycles. The van der Waals surface area contributed by atoms with E-state index < -0.39 is 0 Å². The predicted octanol–water partition coefficient (Wildman–Crippen LogP) is 10.4. The van der Waals surface area contributed by atoms with Crippen LogP contribution < -0.4 is 0 Å². The minimum atomic E-state index is 0.643. The Morgan fingerprint density at radius 2 is 0.870 bits per heavy atom. The third kappa shape index (κ3) is 4.11. The van der Waals surface area contributed by atoms with Crippen molar-refractivity contribution in [1.29, 1.82) is 0 Å². The molecule has 8 aromatic rings. The Hall–Kier alpha value is -6.13. The molecule has 2 heterocycles. The van der Waals surface area contributed by atoms with E-state index in [0.717, 1.165) is 22.4 Å². The molecule has 2 aromatic heterocycles. The summed E-state index contributed by atoms with van der Waals surface area (Å²) in [4.78, 5) is 14.9. The Morgan fingerprint density at radius 1 is 0.413 bits per heavy atom. The zero-order chi connectivity index (χ0) is 30.6. The molecule has 0 radical (unpaired) electrons. The van der Waals surface area contributed by atoms with Gasteiger partial charge < -0.3 is 4.57 Å². The van der Waals surface area contributed by atoms with Crippen LogP contribution in [-0.2, 0) is 0 Å². The van der Waals surface area contributed by atoms with Gasteiger partial charge in [-0.15, -0.1) is 0 Å². The maximum Gasteiger partial charge on any atom is 0.164 e. The lowest BCUT2D eigenvalue weighted by atomic mass is 9.94. The number of benzene rings is 6. The first-order valence-corrected chi connectivity index (χ1v) is 15.6. The van der Waals surface area contributed by atoms with Crippen LogP contribution in [0.15, 0.2) is 152 Å². The van der Waals surface area contributed by atoms with Crippen molar-refractivity contribution >= 4 is 10.9 Å². The van der Waals surface area contributed by atoms with Gasteiger partial charge in [-0.2, -0.15) is 0 Å². The van der Waals surface area contributed by atoms with Gasteiger partial charge in [-0.1, -0.05) is 133 Å². The van der Waals surface area contributed by atoms with Crippen LogP contribution in [-0.4, -0.2) is 19.5 Å². The molecule has 0 unspecified atom stereocenters. The van der Waals surface area contributed by atoms with Crippen molar-refractivity contribution in [1.82, 2.24) is 19.5 Å². The van der Waals surface area contributed by atoms with Crippen LogP contribution in [0.25, 0.3) is 84.1 Å². The summed E-state index contributed by atoms with van der Waals surface area (Å²) in [5.74, 6) is 1.95. The van der Waals surface area contributed by atoms with Gasteiger partial charge in [-0.3, -0.25) is 0 Å². The summed E-state index contributed by atoms with van der Waals surface area (Å²) in [6, 6.07) is 53.0. The summed E-state index contributed by atoms with van der Waals surface area (Å²) in [7, 11) is 0. The smallest absolute Gasteiger partial charge is 0.164 e. The van der Waals surface area contributed by atoms with Crippen molar-refractivity contribution in [2.75, 3.05) is 0 Å². The molecule has 4 heteroatoms.